The molecule has 2 rings (SSSR count). The van der Waals surface area contributed by atoms with Crippen LogP contribution in [0.2, 0.25) is 5.15 Å². The minimum atomic E-state index is 0.578. The van der Waals surface area contributed by atoms with Crippen molar-refractivity contribution in [1.29, 1.82) is 0 Å². The number of rotatable bonds is 9. The van der Waals surface area contributed by atoms with Crippen molar-refractivity contribution in [2.45, 2.75) is 59.7 Å². The van der Waals surface area contributed by atoms with Gasteiger partial charge in [-0.05, 0) is 12.3 Å². The maximum Gasteiger partial charge on any atom is 0.151 e. The molecule has 0 aliphatic carbocycles. The van der Waals surface area contributed by atoms with E-state index >= 15 is 0 Å². The summed E-state index contributed by atoms with van der Waals surface area (Å²) in [5.41, 5.74) is 2.15. The Labute approximate surface area is 137 Å². The quantitative estimate of drug-likeness (QED) is 0.742. The maximum absolute atomic E-state index is 6.18. The van der Waals surface area contributed by atoms with Crippen molar-refractivity contribution in [2.24, 2.45) is 5.92 Å². The van der Waals surface area contributed by atoms with Gasteiger partial charge in [0, 0.05) is 32.3 Å². The molecule has 0 aliphatic heterocycles. The van der Waals surface area contributed by atoms with E-state index in [2.05, 4.69) is 45.6 Å². The molecule has 0 radical (unpaired) electrons. The van der Waals surface area contributed by atoms with E-state index in [9.17, 15) is 0 Å². The topological polar surface area (TPSA) is 58.5 Å². The van der Waals surface area contributed by atoms with Crippen LogP contribution in [0.1, 0.15) is 50.8 Å². The monoisotopic (exact) mass is 323 g/mol. The van der Waals surface area contributed by atoms with Gasteiger partial charge in [0.1, 0.15) is 5.82 Å². The molecule has 0 aromatic carbocycles. The highest BCUT2D eigenvalue weighted by Crippen LogP contribution is 2.14. The van der Waals surface area contributed by atoms with E-state index in [1.165, 1.54) is 5.69 Å². The van der Waals surface area contributed by atoms with Gasteiger partial charge in [0.25, 0.3) is 0 Å². The number of nitrogens with zero attached hydrogens (tertiary/aromatic N) is 3. The van der Waals surface area contributed by atoms with Gasteiger partial charge in [-0.3, -0.25) is 0 Å². The van der Waals surface area contributed by atoms with Crippen molar-refractivity contribution in [3.8, 4) is 0 Å². The van der Waals surface area contributed by atoms with Crippen LogP contribution in [0.3, 0.4) is 0 Å². The third kappa shape index (κ3) is 4.85. The molecule has 2 N–H and O–H groups in total. The lowest BCUT2D eigenvalue weighted by Crippen LogP contribution is -2.17. The molecule has 122 valence electrons. The van der Waals surface area contributed by atoms with E-state index in [1.807, 2.05) is 12.5 Å². The molecule has 2 aromatic heterocycles. The van der Waals surface area contributed by atoms with E-state index in [-0.39, 0.29) is 0 Å². The minimum Gasteiger partial charge on any atom is -0.344 e. The van der Waals surface area contributed by atoms with Crippen LogP contribution in [-0.4, -0.2) is 19.5 Å². The summed E-state index contributed by atoms with van der Waals surface area (Å²) in [5, 5.41) is 3.99. The number of hydrogen-bond donors (Lipinski definition) is 2. The Kier molecular flexibility index (Phi) is 6.46. The van der Waals surface area contributed by atoms with Crippen molar-refractivity contribution in [3.63, 3.8) is 0 Å². The van der Waals surface area contributed by atoms with Crippen LogP contribution >= 0.6 is 11.6 Å². The number of hydrogen-bond acceptors (Lipinski definition) is 3. The summed E-state index contributed by atoms with van der Waals surface area (Å²) in [4.78, 5) is 11.9. The van der Waals surface area contributed by atoms with Crippen LogP contribution in [0.25, 0.3) is 0 Å². The lowest BCUT2D eigenvalue weighted by Gasteiger charge is -2.11. The Hall–Kier alpha value is -1.33. The molecule has 0 saturated carbocycles. The molecule has 0 fully saturated rings. The van der Waals surface area contributed by atoms with Crippen LogP contribution in [-0.2, 0) is 26.1 Å². The van der Waals surface area contributed by atoms with Crippen molar-refractivity contribution in [1.82, 2.24) is 24.8 Å². The Morgan fingerprint density at radius 1 is 1.36 bits per heavy atom. The van der Waals surface area contributed by atoms with Crippen molar-refractivity contribution >= 4 is 11.6 Å². The summed E-state index contributed by atoms with van der Waals surface area (Å²) < 4.78 is 2.19. The Balaban J connectivity index is 1.86. The zero-order chi connectivity index (χ0) is 15.9. The Bertz CT molecular complexity index is 573. The SMILES string of the molecule is CCCCc1nc(Cl)c(CNCc2cncn2CC(C)C)[nH]1. The lowest BCUT2D eigenvalue weighted by atomic mass is 10.2. The van der Waals surface area contributed by atoms with Gasteiger partial charge in [-0.25, -0.2) is 9.97 Å². The molecule has 2 heterocycles. The van der Waals surface area contributed by atoms with E-state index in [0.29, 0.717) is 17.6 Å². The van der Waals surface area contributed by atoms with Crippen LogP contribution in [0.4, 0.5) is 0 Å². The summed E-state index contributed by atoms with van der Waals surface area (Å²) in [6.45, 7) is 9.03. The summed E-state index contributed by atoms with van der Waals surface area (Å²) >= 11 is 6.18. The van der Waals surface area contributed by atoms with Crippen LogP contribution < -0.4 is 5.32 Å². The van der Waals surface area contributed by atoms with Crippen molar-refractivity contribution < 1.29 is 0 Å². The highest BCUT2D eigenvalue weighted by molar-refractivity contribution is 6.30. The number of aromatic amines is 1. The van der Waals surface area contributed by atoms with Crippen LogP contribution in [0.15, 0.2) is 12.5 Å². The standard InChI is InChI=1S/C16H26ClN5/c1-4-5-6-15-20-14(16(17)21-15)9-18-7-13-8-19-11-22(13)10-12(2)3/h8,11-12,18H,4-7,9-10H2,1-3H3,(H,20,21). The summed E-state index contributed by atoms with van der Waals surface area (Å²) in [6, 6.07) is 0. The molecule has 0 atom stereocenters. The van der Waals surface area contributed by atoms with Crippen LogP contribution in [0, 0.1) is 5.92 Å². The summed E-state index contributed by atoms with van der Waals surface area (Å²) in [5.74, 6) is 1.59. The average molecular weight is 324 g/mol. The molecule has 0 unspecified atom stereocenters. The maximum atomic E-state index is 6.18. The number of halogens is 1. The van der Waals surface area contributed by atoms with E-state index in [4.69, 9.17) is 11.6 Å². The fourth-order valence-electron chi connectivity index (χ4n) is 2.39. The summed E-state index contributed by atoms with van der Waals surface area (Å²) in [7, 11) is 0. The molecule has 0 bridgehead atoms. The average Bonchev–Trinajstić information content (AvgIpc) is 3.04. The molecular formula is C16H26ClN5. The smallest absolute Gasteiger partial charge is 0.151 e. The largest absolute Gasteiger partial charge is 0.344 e. The molecule has 5 nitrogen and oxygen atoms in total. The number of aromatic nitrogens is 4. The normalized spacial score (nSPS) is 11.5. The lowest BCUT2D eigenvalue weighted by molar-refractivity contribution is 0.500. The molecule has 0 saturated heterocycles. The van der Waals surface area contributed by atoms with Gasteiger partial charge in [0.2, 0.25) is 0 Å². The van der Waals surface area contributed by atoms with Gasteiger partial charge in [0.15, 0.2) is 5.15 Å². The van der Waals surface area contributed by atoms with Crippen LogP contribution in [0.5, 0.6) is 0 Å². The Morgan fingerprint density at radius 3 is 2.91 bits per heavy atom. The molecule has 0 spiro atoms. The van der Waals surface area contributed by atoms with Gasteiger partial charge in [-0.15, -0.1) is 0 Å². The molecule has 0 amide bonds. The molecule has 2 aromatic rings. The highest BCUT2D eigenvalue weighted by Gasteiger charge is 2.09. The third-order valence-corrected chi connectivity index (χ3v) is 3.83. The van der Waals surface area contributed by atoms with Gasteiger partial charge in [-0.1, -0.05) is 38.8 Å². The first-order chi connectivity index (χ1) is 10.6. The second-order valence-electron chi connectivity index (χ2n) is 6.09. The van der Waals surface area contributed by atoms with Gasteiger partial charge in [-0.2, -0.15) is 0 Å². The zero-order valence-corrected chi connectivity index (χ0v) is 14.5. The van der Waals surface area contributed by atoms with E-state index in [1.54, 1.807) is 0 Å². The fourth-order valence-corrected chi connectivity index (χ4v) is 2.60. The fraction of sp³-hybridized carbons (Fsp3) is 0.625. The number of nitrogens with one attached hydrogen (secondary N) is 2. The highest BCUT2D eigenvalue weighted by atomic mass is 35.5. The van der Waals surface area contributed by atoms with Gasteiger partial charge < -0.3 is 14.9 Å². The summed E-state index contributed by atoms with van der Waals surface area (Å²) in [6.07, 6.45) is 7.05. The number of unbranched alkanes of at least 4 members (excludes halogenated alkanes) is 1. The molecule has 6 heteroatoms. The second kappa shape index (κ2) is 8.34. The molecule has 22 heavy (non-hydrogen) atoms. The van der Waals surface area contributed by atoms with E-state index in [0.717, 1.165) is 43.9 Å². The first-order valence-electron chi connectivity index (χ1n) is 8.03. The predicted octanol–water partition coefficient (Wildman–Crippen LogP) is 3.55. The first-order valence-corrected chi connectivity index (χ1v) is 8.41. The second-order valence-corrected chi connectivity index (χ2v) is 6.45. The minimum absolute atomic E-state index is 0.578. The molecule has 0 aliphatic rings. The predicted molar refractivity (Wildman–Crippen MR) is 89.8 cm³/mol. The third-order valence-electron chi connectivity index (χ3n) is 3.51. The van der Waals surface area contributed by atoms with Crippen molar-refractivity contribution in [3.05, 3.63) is 34.9 Å². The zero-order valence-electron chi connectivity index (χ0n) is 13.7. The Morgan fingerprint density at radius 2 is 2.18 bits per heavy atom. The number of imidazole rings is 2. The van der Waals surface area contributed by atoms with Crippen molar-refractivity contribution in [2.75, 3.05) is 0 Å². The van der Waals surface area contributed by atoms with E-state index < -0.39 is 0 Å². The number of aryl methyl sites for hydroxylation is 1. The molecular weight excluding hydrogens is 298 g/mol. The number of H-pyrrole nitrogens is 1. The van der Waals surface area contributed by atoms with Gasteiger partial charge in [0.05, 0.1) is 17.7 Å². The van der Waals surface area contributed by atoms with Gasteiger partial charge >= 0.3 is 0 Å². The first kappa shape index (κ1) is 17.0.